The summed E-state index contributed by atoms with van der Waals surface area (Å²) in [6, 6.07) is 5.36. The second-order valence-corrected chi connectivity index (χ2v) is 4.60. The number of rotatable bonds is 6. The van der Waals surface area contributed by atoms with Gasteiger partial charge in [0.15, 0.2) is 5.82 Å². The van der Waals surface area contributed by atoms with Crippen LogP contribution in [0.5, 0.6) is 0 Å². The van der Waals surface area contributed by atoms with Crippen molar-refractivity contribution in [1.82, 2.24) is 9.97 Å². The maximum Gasteiger partial charge on any atom is 0.165 e. The molecule has 0 aliphatic rings. The van der Waals surface area contributed by atoms with Crippen molar-refractivity contribution < 1.29 is 5.11 Å². The number of nitrogens with two attached hydrogens (primary N) is 2. The quantitative estimate of drug-likeness (QED) is 0.370. The van der Waals surface area contributed by atoms with E-state index < -0.39 is 0 Å². The van der Waals surface area contributed by atoms with E-state index in [-0.39, 0.29) is 5.76 Å². The molecule has 0 amide bonds. The molecule has 1 aromatic carbocycles. The van der Waals surface area contributed by atoms with Crippen LogP contribution in [0.15, 0.2) is 49.3 Å². The highest BCUT2D eigenvalue weighted by atomic mass is 16.3. The van der Waals surface area contributed by atoms with E-state index in [1.165, 1.54) is 12.2 Å². The zero-order valence-corrected chi connectivity index (χ0v) is 12.2. The Balaban J connectivity index is 2.69. The largest absolute Gasteiger partial charge is 0.507 e. The number of aliphatic hydroxyl groups excluding tert-OH is 1. The molecular weight excluding hydrogens is 278 g/mol. The molecule has 0 aliphatic heterocycles. The van der Waals surface area contributed by atoms with Crippen LogP contribution in [0.2, 0.25) is 0 Å². The van der Waals surface area contributed by atoms with Gasteiger partial charge in [0, 0.05) is 24.2 Å². The van der Waals surface area contributed by atoms with Crippen LogP contribution in [0, 0.1) is 0 Å². The van der Waals surface area contributed by atoms with Crippen LogP contribution in [0.25, 0.3) is 16.5 Å². The van der Waals surface area contributed by atoms with E-state index in [0.717, 1.165) is 5.39 Å². The number of hydrogen-bond acceptors (Lipinski definition) is 6. The summed E-state index contributed by atoms with van der Waals surface area (Å²) < 4.78 is 0. The second kappa shape index (κ2) is 6.73. The van der Waals surface area contributed by atoms with Crippen molar-refractivity contribution in [2.24, 2.45) is 5.73 Å². The van der Waals surface area contributed by atoms with Gasteiger partial charge in [-0.2, -0.15) is 0 Å². The average Bonchev–Trinajstić information content (AvgIpc) is 2.53. The number of nitrogen functional groups attached to an aromatic ring is 1. The van der Waals surface area contributed by atoms with E-state index >= 15 is 0 Å². The summed E-state index contributed by atoms with van der Waals surface area (Å²) in [4.78, 5) is 8.90. The van der Waals surface area contributed by atoms with Crippen molar-refractivity contribution in [3.05, 3.63) is 55.1 Å². The molecular formula is C16H19N5O. The fraction of sp³-hybridized carbons (Fsp3) is 0.125. The molecule has 0 atom stereocenters. The van der Waals surface area contributed by atoms with Gasteiger partial charge in [-0.05, 0) is 24.3 Å². The number of aromatic nitrogens is 2. The Morgan fingerprint density at radius 3 is 2.68 bits per heavy atom. The van der Waals surface area contributed by atoms with E-state index in [4.69, 9.17) is 11.5 Å². The van der Waals surface area contributed by atoms with Crippen LogP contribution in [-0.2, 0) is 0 Å². The van der Waals surface area contributed by atoms with Crippen molar-refractivity contribution in [1.29, 1.82) is 0 Å². The second-order valence-electron chi connectivity index (χ2n) is 4.60. The summed E-state index contributed by atoms with van der Waals surface area (Å²) >= 11 is 0. The van der Waals surface area contributed by atoms with Gasteiger partial charge in [-0.15, -0.1) is 0 Å². The van der Waals surface area contributed by atoms with E-state index in [9.17, 15) is 5.11 Å². The summed E-state index contributed by atoms with van der Waals surface area (Å²) in [5, 5.41) is 13.8. The van der Waals surface area contributed by atoms with Gasteiger partial charge in [0.1, 0.15) is 11.6 Å². The fourth-order valence-electron chi connectivity index (χ4n) is 2.01. The first-order valence-corrected chi connectivity index (χ1v) is 6.80. The summed E-state index contributed by atoms with van der Waals surface area (Å²) in [5.41, 5.74) is 13.1. The summed E-state index contributed by atoms with van der Waals surface area (Å²) in [7, 11) is 0. The Morgan fingerprint density at radius 1 is 1.27 bits per heavy atom. The molecule has 0 bridgehead atoms. The van der Waals surface area contributed by atoms with Crippen molar-refractivity contribution in [3.63, 3.8) is 0 Å². The maximum atomic E-state index is 9.90. The number of fused-ring (bicyclic) bond motifs is 1. The lowest BCUT2D eigenvalue weighted by Crippen LogP contribution is -2.15. The van der Waals surface area contributed by atoms with Crippen LogP contribution in [0.4, 0.5) is 11.5 Å². The van der Waals surface area contributed by atoms with Crippen LogP contribution < -0.4 is 16.8 Å². The number of nitrogens with one attached hydrogen (secondary N) is 1. The van der Waals surface area contributed by atoms with Crippen LogP contribution >= 0.6 is 0 Å². The Bertz CT molecular complexity index is 752. The lowest BCUT2D eigenvalue weighted by molar-refractivity contribution is 0.435. The van der Waals surface area contributed by atoms with E-state index in [2.05, 4.69) is 28.4 Å². The normalized spacial score (nSPS) is 11.9. The molecule has 0 saturated heterocycles. The highest BCUT2D eigenvalue weighted by Gasteiger charge is 2.12. The Hall–Kier alpha value is -2.86. The molecule has 0 fully saturated rings. The topological polar surface area (TPSA) is 110 Å². The zero-order chi connectivity index (χ0) is 16.1. The molecule has 0 radical (unpaired) electrons. The molecule has 1 aromatic heterocycles. The first-order valence-electron chi connectivity index (χ1n) is 6.80. The van der Waals surface area contributed by atoms with Gasteiger partial charge in [0.05, 0.1) is 11.1 Å². The van der Waals surface area contributed by atoms with Gasteiger partial charge in [-0.25, -0.2) is 9.97 Å². The van der Waals surface area contributed by atoms with Gasteiger partial charge in [-0.1, -0.05) is 19.2 Å². The number of aliphatic hydroxyl groups is 1. The molecule has 6 N–H and O–H groups in total. The number of hydrogen-bond donors (Lipinski definition) is 4. The highest BCUT2D eigenvalue weighted by Crippen LogP contribution is 2.26. The van der Waals surface area contributed by atoms with E-state index in [1.54, 1.807) is 18.2 Å². The van der Waals surface area contributed by atoms with Crippen LogP contribution in [-0.4, -0.2) is 28.2 Å². The van der Waals surface area contributed by atoms with E-state index in [0.29, 0.717) is 41.5 Å². The third kappa shape index (κ3) is 3.07. The first kappa shape index (κ1) is 15.5. The predicted molar refractivity (Wildman–Crippen MR) is 91.4 cm³/mol. The minimum atomic E-state index is -0.0328. The summed E-state index contributed by atoms with van der Waals surface area (Å²) in [6.45, 7) is 8.25. The molecule has 0 spiro atoms. The van der Waals surface area contributed by atoms with Gasteiger partial charge >= 0.3 is 0 Å². The van der Waals surface area contributed by atoms with Crippen LogP contribution in [0.1, 0.15) is 5.82 Å². The Kier molecular flexibility index (Phi) is 4.75. The molecule has 6 heteroatoms. The van der Waals surface area contributed by atoms with Crippen LogP contribution in [0.3, 0.4) is 0 Å². The third-order valence-corrected chi connectivity index (χ3v) is 3.07. The molecule has 0 unspecified atom stereocenters. The van der Waals surface area contributed by atoms with Crippen molar-refractivity contribution >= 4 is 28.0 Å². The number of nitrogens with zero attached hydrogens (tertiary/aromatic N) is 2. The number of allylic oxidation sites excluding steroid dienone is 3. The van der Waals surface area contributed by atoms with E-state index in [1.807, 2.05) is 0 Å². The number of benzene rings is 1. The molecule has 0 saturated carbocycles. The van der Waals surface area contributed by atoms with Crippen molar-refractivity contribution in [2.75, 3.05) is 24.1 Å². The third-order valence-electron chi connectivity index (χ3n) is 3.07. The smallest absolute Gasteiger partial charge is 0.165 e. The summed E-state index contributed by atoms with van der Waals surface area (Å²) in [5.74, 6) is 0.924. The molecule has 2 rings (SSSR count). The van der Waals surface area contributed by atoms with Gasteiger partial charge < -0.3 is 21.9 Å². The standard InChI is InChI=1S/C16H19N5O/c1-3-11(14(22)4-2)16-20-13-6-5-10(18)9-12(13)15(21-16)19-8-7-17/h3-6,9,22H,1-2,7-8,17-18H2,(H,19,20,21)/b14-11-. The lowest BCUT2D eigenvalue weighted by Gasteiger charge is -2.11. The van der Waals surface area contributed by atoms with Gasteiger partial charge in [-0.3, -0.25) is 0 Å². The Morgan fingerprint density at radius 2 is 2.05 bits per heavy atom. The highest BCUT2D eigenvalue weighted by molar-refractivity contribution is 5.93. The molecule has 1 heterocycles. The maximum absolute atomic E-state index is 9.90. The zero-order valence-electron chi connectivity index (χ0n) is 12.2. The average molecular weight is 297 g/mol. The summed E-state index contributed by atoms with van der Waals surface area (Å²) in [6.07, 6.45) is 2.81. The molecule has 6 nitrogen and oxygen atoms in total. The van der Waals surface area contributed by atoms with Crippen molar-refractivity contribution in [2.45, 2.75) is 0 Å². The molecule has 2 aromatic rings. The monoisotopic (exact) mass is 297 g/mol. The molecule has 114 valence electrons. The van der Waals surface area contributed by atoms with Gasteiger partial charge in [0.2, 0.25) is 0 Å². The minimum Gasteiger partial charge on any atom is -0.507 e. The number of anilines is 2. The molecule has 0 aliphatic carbocycles. The predicted octanol–water partition coefficient (Wildman–Crippen LogP) is 2.22. The van der Waals surface area contributed by atoms with Crippen molar-refractivity contribution in [3.8, 4) is 0 Å². The Labute approximate surface area is 128 Å². The fourth-order valence-corrected chi connectivity index (χ4v) is 2.01. The first-order chi connectivity index (χ1) is 10.6. The lowest BCUT2D eigenvalue weighted by atomic mass is 10.1. The molecule has 22 heavy (non-hydrogen) atoms. The minimum absolute atomic E-state index is 0.0328. The SMILES string of the molecule is C=C/C(O)=C(\C=C)c1nc(NCCN)c2cc(N)ccc2n1. The van der Waals surface area contributed by atoms with Gasteiger partial charge in [0.25, 0.3) is 0 Å².